The third-order valence-corrected chi connectivity index (χ3v) is 3.28. The average molecular weight is 274 g/mol. The highest BCUT2D eigenvalue weighted by atomic mass is 16.6. The van der Waals surface area contributed by atoms with E-state index >= 15 is 0 Å². The lowest BCUT2D eigenvalue weighted by molar-refractivity contribution is -0.0942. The van der Waals surface area contributed by atoms with Gasteiger partial charge in [-0.25, -0.2) is 0 Å². The van der Waals surface area contributed by atoms with Crippen molar-refractivity contribution in [3.05, 3.63) is 12.2 Å². The van der Waals surface area contributed by atoms with Crippen LogP contribution in [0.3, 0.4) is 0 Å². The smallest absolute Gasteiger partial charge is 0.114 e. The maximum Gasteiger partial charge on any atom is 0.114 e. The Hall–Kier alpha value is -0.460. The number of aliphatic hydroxyl groups is 3. The molecule has 3 N–H and O–H groups in total. The van der Waals surface area contributed by atoms with Crippen LogP contribution < -0.4 is 0 Å². The molecule has 0 spiro atoms. The fraction of sp³-hybridized carbons (Fsp3) is 0.857. The second-order valence-corrected chi connectivity index (χ2v) is 4.88. The minimum atomic E-state index is -0.995. The molecule has 0 aromatic heterocycles. The number of hydrogen-bond donors (Lipinski definition) is 3. The SMILES string of the molecule is CCCCC/C=C/CO[C@H](CO)[C@H]1OC[C@H](O)[C@H]1O. The summed E-state index contributed by atoms with van der Waals surface area (Å²) in [6.07, 6.45) is 5.45. The minimum absolute atomic E-state index is 0.0819. The summed E-state index contributed by atoms with van der Waals surface area (Å²) in [5.41, 5.74) is 0. The Morgan fingerprint density at radius 1 is 1.32 bits per heavy atom. The topological polar surface area (TPSA) is 79.2 Å². The van der Waals surface area contributed by atoms with Crippen molar-refractivity contribution in [1.29, 1.82) is 0 Å². The summed E-state index contributed by atoms with van der Waals surface area (Å²) >= 11 is 0. The molecule has 0 unspecified atom stereocenters. The molecule has 1 heterocycles. The largest absolute Gasteiger partial charge is 0.394 e. The van der Waals surface area contributed by atoms with Crippen LogP contribution in [0.1, 0.15) is 32.6 Å². The van der Waals surface area contributed by atoms with Crippen molar-refractivity contribution < 1.29 is 24.8 Å². The van der Waals surface area contributed by atoms with E-state index < -0.39 is 24.4 Å². The van der Waals surface area contributed by atoms with Gasteiger partial charge in [0.15, 0.2) is 0 Å². The number of ether oxygens (including phenoxy) is 2. The second-order valence-electron chi connectivity index (χ2n) is 4.88. The molecule has 112 valence electrons. The molecule has 1 saturated heterocycles. The Bertz CT molecular complexity index is 256. The van der Waals surface area contributed by atoms with Crippen LogP contribution in [0.2, 0.25) is 0 Å². The van der Waals surface area contributed by atoms with Gasteiger partial charge in [0.1, 0.15) is 24.4 Å². The van der Waals surface area contributed by atoms with Gasteiger partial charge in [-0.2, -0.15) is 0 Å². The maximum atomic E-state index is 9.67. The van der Waals surface area contributed by atoms with Gasteiger partial charge in [-0.1, -0.05) is 31.9 Å². The molecule has 0 aliphatic carbocycles. The molecule has 5 heteroatoms. The molecule has 0 radical (unpaired) electrons. The van der Waals surface area contributed by atoms with Gasteiger partial charge in [-0.05, 0) is 12.8 Å². The highest BCUT2D eigenvalue weighted by Gasteiger charge is 2.40. The Morgan fingerprint density at radius 3 is 2.68 bits per heavy atom. The highest BCUT2D eigenvalue weighted by Crippen LogP contribution is 2.19. The normalized spacial score (nSPS) is 29.2. The quantitative estimate of drug-likeness (QED) is 0.424. The monoisotopic (exact) mass is 274 g/mol. The van der Waals surface area contributed by atoms with E-state index in [2.05, 4.69) is 13.0 Å². The zero-order chi connectivity index (χ0) is 14.1. The van der Waals surface area contributed by atoms with Crippen LogP contribution in [-0.2, 0) is 9.47 Å². The number of unbranched alkanes of at least 4 members (excludes halogenated alkanes) is 3. The zero-order valence-electron chi connectivity index (χ0n) is 11.6. The Kier molecular flexibility index (Phi) is 8.25. The molecule has 4 atom stereocenters. The summed E-state index contributed by atoms with van der Waals surface area (Å²) in [4.78, 5) is 0. The number of aliphatic hydroxyl groups excluding tert-OH is 3. The lowest BCUT2D eigenvalue weighted by atomic mass is 10.1. The van der Waals surface area contributed by atoms with Crippen molar-refractivity contribution in [1.82, 2.24) is 0 Å². The Balaban J connectivity index is 2.22. The van der Waals surface area contributed by atoms with Gasteiger partial charge in [0, 0.05) is 0 Å². The Morgan fingerprint density at radius 2 is 2.11 bits per heavy atom. The lowest BCUT2D eigenvalue weighted by Gasteiger charge is -2.23. The molecular formula is C14H26O5. The van der Waals surface area contributed by atoms with Crippen LogP contribution >= 0.6 is 0 Å². The molecule has 1 rings (SSSR count). The van der Waals surface area contributed by atoms with Crippen molar-refractivity contribution in [3.8, 4) is 0 Å². The van der Waals surface area contributed by atoms with E-state index in [1.165, 1.54) is 19.3 Å². The van der Waals surface area contributed by atoms with Crippen LogP contribution in [0.25, 0.3) is 0 Å². The molecular weight excluding hydrogens is 248 g/mol. The second kappa shape index (κ2) is 9.44. The number of rotatable bonds is 9. The fourth-order valence-electron chi connectivity index (χ4n) is 2.08. The van der Waals surface area contributed by atoms with E-state index in [4.69, 9.17) is 9.47 Å². The zero-order valence-corrected chi connectivity index (χ0v) is 11.6. The van der Waals surface area contributed by atoms with Gasteiger partial charge >= 0.3 is 0 Å². The lowest BCUT2D eigenvalue weighted by Crippen LogP contribution is -2.42. The van der Waals surface area contributed by atoms with Gasteiger partial charge in [-0.15, -0.1) is 0 Å². The fourth-order valence-corrected chi connectivity index (χ4v) is 2.08. The standard InChI is InChI=1S/C14H26O5/c1-2-3-4-5-6-7-8-18-12(9-15)14-13(17)11(16)10-19-14/h6-7,11-17H,2-5,8-10H2,1H3/b7-6+/t11-,12+,13+,14+/m0/s1. The van der Waals surface area contributed by atoms with E-state index in [-0.39, 0.29) is 13.2 Å². The summed E-state index contributed by atoms with van der Waals surface area (Å²) in [6, 6.07) is 0. The summed E-state index contributed by atoms with van der Waals surface area (Å²) in [5.74, 6) is 0. The van der Waals surface area contributed by atoms with Gasteiger partial charge in [0.2, 0.25) is 0 Å². The molecule has 0 saturated carbocycles. The Labute approximate surface area is 114 Å². The molecule has 1 aliphatic rings. The molecule has 1 fully saturated rings. The van der Waals surface area contributed by atoms with E-state index in [0.29, 0.717) is 6.61 Å². The first-order valence-corrected chi connectivity index (χ1v) is 7.05. The number of hydrogen-bond acceptors (Lipinski definition) is 5. The predicted molar refractivity (Wildman–Crippen MR) is 71.9 cm³/mol. The summed E-state index contributed by atoms with van der Waals surface area (Å²) in [7, 11) is 0. The van der Waals surface area contributed by atoms with Crippen LogP contribution in [0, 0.1) is 0 Å². The molecule has 1 aliphatic heterocycles. The van der Waals surface area contributed by atoms with E-state index in [1.54, 1.807) is 0 Å². The van der Waals surface area contributed by atoms with Crippen LogP contribution in [0.4, 0.5) is 0 Å². The third kappa shape index (κ3) is 5.58. The molecule has 0 bridgehead atoms. The van der Waals surface area contributed by atoms with Crippen LogP contribution in [0.5, 0.6) is 0 Å². The van der Waals surface area contributed by atoms with Gasteiger partial charge in [-0.3, -0.25) is 0 Å². The first-order chi connectivity index (χ1) is 9.20. The first kappa shape index (κ1) is 16.6. The highest BCUT2D eigenvalue weighted by molar-refractivity contribution is 4.89. The number of allylic oxidation sites excluding steroid dienone is 1. The molecule has 5 nitrogen and oxygen atoms in total. The van der Waals surface area contributed by atoms with Crippen LogP contribution in [0.15, 0.2) is 12.2 Å². The van der Waals surface area contributed by atoms with E-state index in [0.717, 1.165) is 6.42 Å². The van der Waals surface area contributed by atoms with Crippen molar-refractivity contribution in [2.45, 2.75) is 57.0 Å². The van der Waals surface area contributed by atoms with E-state index in [1.807, 2.05) is 6.08 Å². The van der Waals surface area contributed by atoms with Gasteiger partial charge in [0.25, 0.3) is 0 Å². The van der Waals surface area contributed by atoms with Crippen molar-refractivity contribution in [2.75, 3.05) is 19.8 Å². The van der Waals surface area contributed by atoms with Gasteiger partial charge in [0.05, 0.1) is 19.8 Å². The van der Waals surface area contributed by atoms with Crippen molar-refractivity contribution in [3.63, 3.8) is 0 Å². The maximum absolute atomic E-state index is 9.67. The third-order valence-electron chi connectivity index (χ3n) is 3.28. The predicted octanol–water partition coefficient (Wildman–Crippen LogP) is 0.621. The van der Waals surface area contributed by atoms with E-state index in [9.17, 15) is 15.3 Å². The first-order valence-electron chi connectivity index (χ1n) is 7.05. The van der Waals surface area contributed by atoms with Crippen molar-refractivity contribution >= 4 is 0 Å². The summed E-state index contributed by atoms with van der Waals surface area (Å²) in [5, 5.41) is 28.3. The summed E-state index contributed by atoms with van der Waals surface area (Å²) < 4.78 is 10.7. The van der Waals surface area contributed by atoms with Gasteiger partial charge < -0.3 is 24.8 Å². The van der Waals surface area contributed by atoms with Crippen LogP contribution in [-0.4, -0.2) is 59.6 Å². The molecule has 19 heavy (non-hydrogen) atoms. The molecule has 0 aromatic carbocycles. The molecule has 0 amide bonds. The van der Waals surface area contributed by atoms with Crippen molar-refractivity contribution in [2.24, 2.45) is 0 Å². The average Bonchev–Trinajstić information content (AvgIpc) is 2.74. The molecule has 0 aromatic rings. The summed E-state index contributed by atoms with van der Waals surface area (Å²) in [6.45, 7) is 2.39. The minimum Gasteiger partial charge on any atom is -0.394 e.